The van der Waals surface area contributed by atoms with Crippen molar-refractivity contribution in [2.45, 2.75) is 39.3 Å². The van der Waals surface area contributed by atoms with Crippen LogP contribution in [0.5, 0.6) is 5.75 Å². The number of fused-ring (bicyclic) bond motifs is 1. The van der Waals surface area contributed by atoms with Gasteiger partial charge in [-0.1, -0.05) is 24.3 Å². The maximum Gasteiger partial charge on any atom is 0.326 e. The van der Waals surface area contributed by atoms with E-state index in [1.165, 1.54) is 11.0 Å². The summed E-state index contributed by atoms with van der Waals surface area (Å²) >= 11 is 0. The summed E-state index contributed by atoms with van der Waals surface area (Å²) in [6.45, 7) is 4.31. The molecule has 2 heterocycles. The van der Waals surface area contributed by atoms with Crippen molar-refractivity contribution in [1.29, 1.82) is 0 Å². The summed E-state index contributed by atoms with van der Waals surface area (Å²) in [6.07, 6.45) is 7.34. The molecular weight excluding hydrogens is 458 g/mol. The highest BCUT2D eigenvalue weighted by Gasteiger charge is 2.33. The summed E-state index contributed by atoms with van der Waals surface area (Å²) in [5.41, 5.74) is 9.87. The van der Waals surface area contributed by atoms with Gasteiger partial charge in [0.15, 0.2) is 0 Å². The minimum atomic E-state index is -1.02. The van der Waals surface area contributed by atoms with Gasteiger partial charge in [-0.2, -0.15) is 0 Å². The van der Waals surface area contributed by atoms with Crippen molar-refractivity contribution in [3.8, 4) is 17.2 Å². The number of carboxylic acid groups (broad SMARTS) is 1. The standard InChI is InChI=1S/C28H29N3O5/c1-3-4-5-6-26(32)31-17-21-15-23(12-9-20(21)16-25(31)28(33)34)35-14-13-24-18(2)36-27(30-24)19-7-10-22(29)11-8-19/h3-12,15,25H,13-14,16-17,29H2,1-2H3,(H,33,34)/b4-3+,6-5+/t25-/m0/s1. The van der Waals surface area contributed by atoms with Crippen LogP contribution >= 0.6 is 0 Å². The molecule has 3 aromatic rings. The Balaban J connectivity index is 1.42. The number of nitrogens with two attached hydrogens (primary N) is 1. The number of carbonyl (C=O) groups excluding carboxylic acids is 1. The lowest BCUT2D eigenvalue weighted by atomic mass is 9.93. The molecule has 0 aliphatic carbocycles. The second-order valence-electron chi connectivity index (χ2n) is 8.58. The van der Waals surface area contributed by atoms with Gasteiger partial charge in [-0.25, -0.2) is 9.78 Å². The van der Waals surface area contributed by atoms with Crippen LogP contribution in [0.3, 0.4) is 0 Å². The van der Waals surface area contributed by atoms with Crippen LogP contribution in [0.15, 0.2) is 71.2 Å². The van der Waals surface area contributed by atoms with Crippen molar-refractivity contribution in [1.82, 2.24) is 9.88 Å². The summed E-state index contributed by atoms with van der Waals surface area (Å²) in [5, 5.41) is 9.67. The van der Waals surface area contributed by atoms with Gasteiger partial charge in [-0.3, -0.25) is 4.79 Å². The van der Waals surface area contributed by atoms with Crippen LogP contribution in [0.4, 0.5) is 5.69 Å². The van der Waals surface area contributed by atoms with Gasteiger partial charge in [0.2, 0.25) is 11.8 Å². The predicted octanol–water partition coefficient (Wildman–Crippen LogP) is 4.32. The number of nitrogen functional groups attached to an aromatic ring is 1. The monoisotopic (exact) mass is 487 g/mol. The smallest absolute Gasteiger partial charge is 0.326 e. The summed E-state index contributed by atoms with van der Waals surface area (Å²) in [5.74, 6) is 0.568. The molecule has 0 unspecified atom stereocenters. The Labute approximate surface area is 209 Å². The number of ether oxygens (including phenoxy) is 1. The third kappa shape index (κ3) is 5.66. The topological polar surface area (TPSA) is 119 Å². The fourth-order valence-electron chi connectivity index (χ4n) is 4.12. The number of carboxylic acids is 1. The number of allylic oxidation sites excluding steroid dienone is 3. The quantitative estimate of drug-likeness (QED) is 0.276. The highest BCUT2D eigenvalue weighted by molar-refractivity contribution is 5.92. The molecule has 0 spiro atoms. The number of anilines is 1. The molecule has 0 saturated carbocycles. The van der Waals surface area contributed by atoms with Gasteiger partial charge < -0.3 is 24.9 Å². The Bertz CT molecular complexity index is 1310. The molecule has 3 N–H and O–H groups in total. The van der Waals surface area contributed by atoms with Gasteiger partial charge in [-0.15, -0.1) is 0 Å². The van der Waals surface area contributed by atoms with Crippen LogP contribution in [0, 0.1) is 6.92 Å². The van der Waals surface area contributed by atoms with Crippen LogP contribution in [0.2, 0.25) is 0 Å². The van der Waals surface area contributed by atoms with Gasteiger partial charge >= 0.3 is 5.97 Å². The number of carbonyl (C=O) groups is 2. The maximum atomic E-state index is 12.7. The molecule has 186 valence electrons. The summed E-state index contributed by atoms with van der Waals surface area (Å²) in [4.78, 5) is 30.4. The molecule has 36 heavy (non-hydrogen) atoms. The van der Waals surface area contributed by atoms with Gasteiger partial charge in [0.1, 0.15) is 17.6 Å². The van der Waals surface area contributed by atoms with E-state index in [2.05, 4.69) is 4.98 Å². The van der Waals surface area contributed by atoms with Crippen LogP contribution in [0.1, 0.15) is 29.5 Å². The SMILES string of the molecule is C/C=C/C=C/C(=O)N1Cc2cc(OCCc3nc(-c4ccc(N)cc4)oc3C)ccc2C[C@H]1C(=O)O. The number of nitrogens with zero attached hydrogens (tertiary/aromatic N) is 2. The Kier molecular flexibility index (Phi) is 7.53. The third-order valence-electron chi connectivity index (χ3n) is 6.08. The van der Waals surface area contributed by atoms with E-state index in [1.54, 1.807) is 30.4 Å². The molecule has 8 heteroatoms. The maximum absolute atomic E-state index is 12.7. The molecule has 4 rings (SSSR count). The van der Waals surface area contributed by atoms with Crippen molar-refractivity contribution in [2.75, 3.05) is 12.3 Å². The summed E-state index contributed by atoms with van der Waals surface area (Å²) in [6, 6.07) is 12.0. The van der Waals surface area contributed by atoms with Crippen LogP contribution < -0.4 is 10.5 Å². The second-order valence-corrected chi connectivity index (χ2v) is 8.58. The zero-order valence-electron chi connectivity index (χ0n) is 20.3. The molecule has 2 aromatic carbocycles. The lowest BCUT2D eigenvalue weighted by Gasteiger charge is -2.34. The lowest BCUT2D eigenvalue weighted by molar-refractivity contribution is -0.149. The minimum absolute atomic E-state index is 0.204. The Hall–Kier alpha value is -4.33. The normalized spacial score (nSPS) is 15.4. The first kappa shape index (κ1) is 24.8. The molecule has 1 atom stereocenters. The molecule has 1 aromatic heterocycles. The molecule has 0 bridgehead atoms. The first-order chi connectivity index (χ1) is 17.4. The summed E-state index contributed by atoms with van der Waals surface area (Å²) < 4.78 is 11.8. The number of rotatable bonds is 8. The fraction of sp³-hybridized carbons (Fsp3) is 0.250. The van der Waals surface area contributed by atoms with E-state index in [-0.39, 0.29) is 18.9 Å². The average Bonchev–Trinajstić information content (AvgIpc) is 3.23. The van der Waals surface area contributed by atoms with E-state index >= 15 is 0 Å². The van der Waals surface area contributed by atoms with E-state index in [9.17, 15) is 14.7 Å². The number of hydrogen-bond donors (Lipinski definition) is 2. The zero-order valence-corrected chi connectivity index (χ0v) is 20.3. The highest BCUT2D eigenvalue weighted by Crippen LogP contribution is 2.28. The molecule has 8 nitrogen and oxygen atoms in total. The first-order valence-electron chi connectivity index (χ1n) is 11.7. The van der Waals surface area contributed by atoms with E-state index in [1.807, 2.05) is 44.2 Å². The minimum Gasteiger partial charge on any atom is -0.493 e. The average molecular weight is 488 g/mol. The second kappa shape index (κ2) is 10.9. The van der Waals surface area contributed by atoms with Gasteiger partial charge in [0, 0.05) is 36.7 Å². The lowest BCUT2D eigenvalue weighted by Crippen LogP contribution is -2.48. The van der Waals surface area contributed by atoms with Crippen LogP contribution in [0.25, 0.3) is 11.5 Å². The van der Waals surface area contributed by atoms with E-state index in [0.29, 0.717) is 30.4 Å². The Morgan fingerprint density at radius 3 is 2.69 bits per heavy atom. The largest absolute Gasteiger partial charge is 0.493 e. The van der Waals surface area contributed by atoms with Crippen molar-refractivity contribution in [3.05, 3.63) is 89.3 Å². The molecule has 1 amide bonds. The number of aromatic nitrogens is 1. The number of oxazole rings is 1. The Morgan fingerprint density at radius 2 is 1.97 bits per heavy atom. The van der Waals surface area contributed by atoms with E-state index in [0.717, 1.165) is 28.1 Å². The Morgan fingerprint density at radius 1 is 1.19 bits per heavy atom. The molecule has 1 aliphatic heterocycles. The number of amides is 1. The first-order valence-corrected chi connectivity index (χ1v) is 11.7. The predicted molar refractivity (Wildman–Crippen MR) is 136 cm³/mol. The van der Waals surface area contributed by atoms with Crippen LogP contribution in [-0.2, 0) is 29.0 Å². The fourth-order valence-corrected chi connectivity index (χ4v) is 4.12. The van der Waals surface area contributed by atoms with Crippen molar-refractivity contribution >= 4 is 17.6 Å². The van der Waals surface area contributed by atoms with Gasteiger partial charge in [0.05, 0.1) is 12.3 Å². The van der Waals surface area contributed by atoms with Crippen LogP contribution in [-0.4, -0.2) is 39.5 Å². The molecule has 0 radical (unpaired) electrons. The van der Waals surface area contributed by atoms with Crippen molar-refractivity contribution in [3.63, 3.8) is 0 Å². The molecule has 1 aliphatic rings. The molecule has 0 fully saturated rings. The van der Waals surface area contributed by atoms with E-state index < -0.39 is 12.0 Å². The molecular formula is C28H29N3O5. The molecule has 0 saturated heterocycles. The van der Waals surface area contributed by atoms with Crippen molar-refractivity contribution < 1.29 is 23.8 Å². The number of aryl methyl sites for hydroxylation is 1. The summed E-state index contributed by atoms with van der Waals surface area (Å²) in [7, 11) is 0. The number of aliphatic carboxylic acids is 1. The van der Waals surface area contributed by atoms with Crippen molar-refractivity contribution in [2.24, 2.45) is 0 Å². The van der Waals surface area contributed by atoms with Gasteiger partial charge in [0.25, 0.3) is 0 Å². The zero-order chi connectivity index (χ0) is 25.7. The van der Waals surface area contributed by atoms with E-state index in [4.69, 9.17) is 14.9 Å². The van der Waals surface area contributed by atoms with Gasteiger partial charge in [-0.05, 0) is 61.4 Å². The third-order valence-corrected chi connectivity index (χ3v) is 6.08. The highest BCUT2D eigenvalue weighted by atomic mass is 16.5. The number of hydrogen-bond acceptors (Lipinski definition) is 6. The number of benzene rings is 2.